The maximum Gasteiger partial charge on any atom is 0.264 e. The summed E-state index contributed by atoms with van der Waals surface area (Å²) < 4.78 is 51.8. The van der Waals surface area contributed by atoms with E-state index in [0.717, 1.165) is 12.5 Å². The highest BCUT2D eigenvalue weighted by molar-refractivity contribution is 9.12. The van der Waals surface area contributed by atoms with Crippen LogP contribution in [0.5, 0.6) is 0 Å². The third-order valence-electron chi connectivity index (χ3n) is 1.28. The van der Waals surface area contributed by atoms with E-state index in [1.165, 1.54) is 0 Å². The average molecular weight is 404 g/mol. The van der Waals surface area contributed by atoms with Crippen LogP contribution < -0.4 is 0 Å². The average Bonchev–Trinajstić information content (AvgIpc) is 2.07. The third kappa shape index (κ3) is 9.97. The Bertz CT molecular complexity index is 363. The molecule has 0 heterocycles. The van der Waals surface area contributed by atoms with Crippen LogP contribution in [-0.2, 0) is 28.6 Å². The van der Waals surface area contributed by atoms with Gasteiger partial charge in [-0.25, -0.2) is 0 Å². The van der Waals surface area contributed by atoms with E-state index in [9.17, 15) is 16.8 Å². The molecular weight excluding hydrogens is 392 g/mol. The molecule has 0 saturated heterocycles. The van der Waals surface area contributed by atoms with Crippen molar-refractivity contribution >= 4 is 52.1 Å². The summed E-state index contributed by atoms with van der Waals surface area (Å²) in [5.41, 5.74) is 0. The molecule has 0 fully saturated rings. The first kappa shape index (κ1) is 16.8. The highest BCUT2D eigenvalue weighted by Gasteiger charge is 2.20. The molecule has 6 nitrogen and oxygen atoms in total. The van der Waals surface area contributed by atoms with Crippen molar-refractivity contribution in [2.75, 3.05) is 25.7 Å². The van der Waals surface area contributed by atoms with Gasteiger partial charge < -0.3 is 0 Å². The van der Waals surface area contributed by atoms with Crippen LogP contribution in [0.2, 0.25) is 0 Å². The van der Waals surface area contributed by atoms with Gasteiger partial charge in [0.1, 0.15) is 0 Å². The highest BCUT2D eigenvalue weighted by Crippen LogP contribution is 2.16. The van der Waals surface area contributed by atoms with Crippen LogP contribution in [0.1, 0.15) is 0 Å². The van der Waals surface area contributed by atoms with Crippen LogP contribution >= 0.6 is 31.9 Å². The molecule has 0 spiro atoms. The van der Waals surface area contributed by atoms with Crippen molar-refractivity contribution in [2.45, 2.75) is 9.65 Å². The topological polar surface area (TPSA) is 86.7 Å². The summed E-state index contributed by atoms with van der Waals surface area (Å²) in [6, 6.07) is 0. The summed E-state index contributed by atoms with van der Waals surface area (Å²) in [7, 11) is -7.01. The van der Waals surface area contributed by atoms with Gasteiger partial charge in [0.25, 0.3) is 20.2 Å². The van der Waals surface area contributed by atoms with Crippen LogP contribution in [0.4, 0.5) is 0 Å². The fourth-order valence-electron chi connectivity index (χ4n) is 0.586. The molecular formula is C6H12Br2O6S2. The van der Waals surface area contributed by atoms with Gasteiger partial charge in [-0.1, -0.05) is 31.9 Å². The van der Waals surface area contributed by atoms with Crippen LogP contribution in [0.25, 0.3) is 0 Å². The highest BCUT2D eigenvalue weighted by atomic mass is 79.9. The largest absolute Gasteiger partial charge is 0.269 e. The summed E-state index contributed by atoms with van der Waals surface area (Å²) in [5.74, 6) is 0. The standard InChI is InChI=1S/C6H12Br2O6S2/c1-15(9,10)13-3-5(7)6(8)4-14-16(2,11)12/h5-6H,3-4H2,1-2H3/t5-,6-/m1/s1. The molecule has 0 aromatic rings. The number of hydrogen-bond acceptors (Lipinski definition) is 6. The lowest BCUT2D eigenvalue weighted by Gasteiger charge is -2.15. The Hall–Kier alpha value is 0.780. The van der Waals surface area contributed by atoms with E-state index in [1.54, 1.807) is 0 Å². The molecule has 16 heavy (non-hydrogen) atoms. The molecule has 0 amide bonds. The van der Waals surface area contributed by atoms with Gasteiger partial charge in [0, 0.05) is 0 Å². The normalized spacial score (nSPS) is 17.0. The van der Waals surface area contributed by atoms with Crippen LogP contribution in [0, 0.1) is 0 Å². The predicted molar refractivity (Wildman–Crippen MR) is 67.0 cm³/mol. The number of alkyl halides is 2. The molecule has 0 unspecified atom stereocenters. The van der Waals surface area contributed by atoms with Crippen molar-refractivity contribution in [1.82, 2.24) is 0 Å². The van der Waals surface area contributed by atoms with Gasteiger partial charge in [-0.2, -0.15) is 16.8 Å². The summed E-state index contributed by atoms with van der Waals surface area (Å²) >= 11 is 6.31. The Kier molecular flexibility index (Phi) is 6.97. The van der Waals surface area contributed by atoms with Gasteiger partial charge in [-0.3, -0.25) is 8.37 Å². The Balaban J connectivity index is 4.05. The quantitative estimate of drug-likeness (QED) is 0.453. The number of rotatable bonds is 7. The molecule has 0 aromatic carbocycles. The lowest BCUT2D eigenvalue weighted by Crippen LogP contribution is -2.27. The van der Waals surface area contributed by atoms with Crippen LogP contribution in [0.3, 0.4) is 0 Å². The molecule has 2 atom stereocenters. The second-order valence-electron chi connectivity index (χ2n) is 3.01. The molecule has 98 valence electrons. The Morgan fingerprint density at radius 1 is 0.875 bits per heavy atom. The zero-order valence-electron chi connectivity index (χ0n) is 8.59. The fraction of sp³-hybridized carbons (Fsp3) is 1.00. The van der Waals surface area contributed by atoms with Crippen molar-refractivity contribution in [3.05, 3.63) is 0 Å². The molecule has 0 N–H and O–H groups in total. The van der Waals surface area contributed by atoms with E-state index in [0.29, 0.717) is 0 Å². The van der Waals surface area contributed by atoms with E-state index in [4.69, 9.17) is 0 Å². The van der Waals surface area contributed by atoms with Crippen molar-refractivity contribution < 1.29 is 25.2 Å². The van der Waals surface area contributed by atoms with E-state index in [1.807, 2.05) is 0 Å². The van der Waals surface area contributed by atoms with Crippen molar-refractivity contribution in [2.24, 2.45) is 0 Å². The van der Waals surface area contributed by atoms with E-state index >= 15 is 0 Å². The zero-order valence-corrected chi connectivity index (χ0v) is 13.4. The fourth-order valence-corrected chi connectivity index (χ4v) is 2.29. The van der Waals surface area contributed by atoms with Gasteiger partial charge in [0.15, 0.2) is 0 Å². The summed E-state index contributed by atoms with van der Waals surface area (Å²) in [6.07, 6.45) is 1.87. The minimum atomic E-state index is -3.51. The van der Waals surface area contributed by atoms with Crippen molar-refractivity contribution in [3.63, 3.8) is 0 Å². The molecule has 0 aliphatic heterocycles. The van der Waals surface area contributed by atoms with E-state index < -0.39 is 20.2 Å². The second kappa shape index (κ2) is 6.64. The zero-order chi connectivity index (χ0) is 13.0. The first-order valence-electron chi connectivity index (χ1n) is 3.98. The first-order valence-corrected chi connectivity index (χ1v) is 9.44. The molecule has 0 rings (SSSR count). The molecule has 0 aliphatic rings. The summed E-state index contributed by atoms with van der Waals surface area (Å²) in [6.45, 7) is -0.219. The lowest BCUT2D eigenvalue weighted by atomic mass is 10.3. The number of halogens is 2. The maximum atomic E-state index is 10.7. The predicted octanol–water partition coefficient (Wildman–Crippen LogP) is 0.466. The lowest BCUT2D eigenvalue weighted by molar-refractivity contribution is 0.287. The first-order chi connectivity index (χ1) is 7.01. The minimum Gasteiger partial charge on any atom is -0.269 e. The smallest absolute Gasteiger partial charge is 0.264 e. The number of hydrogen-bond donors (Lipinski definition) is 0. The van der Waals surface area contributed by atoms with Crippen LogP contribution in [0.15, 0.2) is 0 Å². The van der Waals surface area contributed by atoms with Crippen molar-refractivity contribution in [1.29, 1.82) is 0 Å². The van der Waals surface area contributed by atoms with Gasteiger partial charge in [0.05, 0.1) is 35.4 Å². The summed E-state index contributed by atoms with van der Waals surface area (Å²) in [5, 5.41) is 0. The summed E-state index contributed by atoms with van der Waals surface area (Å²) in [4.78, 5) is -0.770. The van der Waals surface area contributed by atoms with E-state index in [-0.39, 0.29) is 22.9 Å². The monoisotopic (exact) mass is 402 g/mol. The van der Waals surface area contributed by atoms with Gasteiger partial charge in [-0.15, -0.1) is 0 Å². The molecule has 0 saturated carbocycles. The Morgan fingerprint density at radius 2 is 1.12 bits per heavy atom. The van der Waals surface area contributed by atoms with Gasteiger partial charge >= 0.3 is 0 Å². The third-order valence-corrected chi connectivity index (χ3v) is 4.92. The SMILES string of the molecule is CS(=O)(=O)OC[C@@H](Br)[C@H](Br)COS(C)(=O)=O. The molecule has 0 bridgehead atoms. The Morgan fingerprint density at radius 3 is 1.31 bits per heavy atom. The minimum absolute atomic E-state index is 0.109. The molecule has 10 heteroatoms. The van der Waals surface area contributed by atoms with Gasteiger partial charge in [-0.05, 0) is 0 Å². The van der Waals surface area contributed by atoms with Crippen molar-refractivity contribution in [3.8, 4) is 0 Å². The van der Waals surface area contributed by atoms with Gasteiger partial charge in [0.2, 0.25) is 0 Å². The Labute approximate surface area is 112 Å². The van der Waals surface area contributed by atoms with Crippen LogP contribution in [-0.4, -0.2) is 52.2 Å². The molecule has 0 radical (unpaired) electrons. The molecule has 0 aromatic heterocycles. The maximum absolute atomic E-state index is 10.7. The molecule has 0 aliphatic carbocycles. The van der Waals surface area contributed by atoms with E-state index in [2.05, 4.69) is 40.2 Å². The second-order valence-corrected chi connectivity index (χ2v) is 8.65.